The minimum absolute atomic E-state index is 0.203. The van der Waals surface area contributed by atoms with Crippen LogP contribution in [0.4, 0.5) is 5.69 Å². The van der Waals surface area contributed by atoms with Crippen molar-refractivity contribution >= 4 is 5.69 Å². The van der Waals surface area contributed by atoms with Crippen molar-refractivity contribution in [1.82, 2.24) is 0 Å². The highest BCUT2D eigenvalue weighted by Gasteiger charge is 2.02. The summed E-state index contributed by atoms with van der Waals surface area (Å²) in [5, 5.41) is 0. The van der Waals surface area contributed by atoms with Crippen molar-refractivity contribution in [3.8, 4) is 16.9 Å². The van der Waals surface area contributed by atoms with E-state index in [1.807, 2.05) is 45.0 Å². The van der Waals surface area contributed by atoms with Gasteiger partial charge in [-0.1, -0.05) is 18.2 Å². The van der Waals surface area contributed by atoms with Crippen LogP contribution in [0.5, 0.6) is 5.75 Å². The van der Waals surface area contributed by atoms with Gasteiger partial charge in [0.15, 0.2) is 0 Å². The average Bonchev–Trinajstić information content (AvgIpc) is 2.33. The Labute approximate surface area is 108 Å². The molecule has 0 heterocycles. The zero-order valence-electron chi connectivity index (χ0n) is 11.1. The molecule has 2 nitrogen and oxygen atoms in total. The van der Waals surface area contributed by atoms with E-state index in [0.717, 1.165) is 17.0 Å². The van der Waals surface area contributed by atoms with Crippen LogP contribution in [0, 0.1) is 6.92 Å². The third-order valence-corrected chi connectivity index (χ3v) is 2.83. The van der Waals surface area contributed by atoms with Gasteiger partial charge in [0.05, 0.1) is 6.10 Å². The predicted molar refractivity (Wildman–Crippen MR) is 76.8 cm³/mol. The molecular weight excluding hydrogens is 222 g/mol. The highest BCUT2D eigenvalue weighted by atomic mass is 16.5. The molecule has 0 bridgehead atoms. The molecule has 2 N–H and O–H groups in total. The summed E-state index contributed by atoms with van der Waals surface area (Å²) in [6.07, 6.45) is 0.203. The first-order valence-corrected chi connectivity index (χ1v) is 6.19. The van der Waals surface area contributed by atoms with Gasteiger partial charge in [-0.25, -0.2) is 0 Å². The third kappa shape index (κ3) is 2.83. The molecule has 2 heteroatoms. The molecule has 0 aliphatic rings. The number of hydrogen-bond acceptors (Lipinski definition) is 2. The second kappa shape index (κ2) is 5.13. The van der Waals surface area contributed by atoms with Gasteiger partial charge < -0.3 is 10.5 Å². The monoisotopic (exact) mass is 241 g/mol. The maximum atomic E-state index is 5.83. The summed E-state index contributed by atoms with van der Waals surface area (Å²) in [5.41, 5.74) is 10.1. The molecule has 0 spiro atoms. The van der Waals surface area contributed by atoms with Gasteiger partial charge in [0.1, 0.15) is 5.75 Å². The van der Waals surface area contributed by atoms with E-state index >= 15 is 0 Å². The molecule has 2 rings (SSSR count). The minimum Gasteiger partial charge on any atom is -0.491 e. The van der Waals surface area contributed by atoms with Crippen LogP contribution in [0.1, 0.15) is 19.4 Å². The third-order valence-electron chi connectivity index (χ3n) is 2.83. The SMILES string of the molecule is Cc1cc(-c2ccc(OC(C)C)cc2)ccc1N. The Kier molecular flexibility index (Phi) is 3.56. The Hall–Kier alpha value is -1.96. The number of rotatable bonds is 3. The second-order valence-electron chi connectivity index (χ2n) is 4.76. The number of ether oxygens (including phenoxy) is 1. The smallest absolute Gasteiger partial charge is 0.119 e. The summed E-state index contributed by atoms with van der Waals surface area (Å²) in [7, 11) is 0. The molecule has 0 fully saturated rings. The molecule has 2 aromatic carbocycles. The minimum atomic E-state index is 0.203. The molecule has 0 saturated carbocycles. The van der Waals surface area contributed by atoms with Crippen LogP contribution >= 0.6 is 0 Å². The maximum absolute atomic E-state index is 5.83. The second-order valence-corrected chi connectivity index (χ2v) is 4.76. The fraction of sp³-hybridized carbons (Fsp3) is 0.250. The van der Waals surface area contributed by atoms with E-state index in [9.17, 15) is 0 Å². The van der Waals surface area contributed by atoms with Crippen LogP contribution in [0.15, 0.2) is 42.5 Å². The summed E-state index contributed by atoms with van der Waals surface area (Å²) < 4.78 is 5.63. The van der Waals surface area contributed by atoms with Gasteiger partial charge >= 0.3 is 0 Å². The van der Waals surface area contributed by atoms with Crippen LogP contribution < -0.4 is 10.5 Å². The van der Waals surface area contributed by atoms with E-state index in [1.165, 1.54) is 11.1 Å². The first kappa shape index (κ1) is 12.5. The van der Waals surface area contributed by atoms with E-state index in [0.29, 0.717) is 0 Å². The van der Waals surface area contributed by atoms with Crippen molar-refractivity contribution in [2.24, 2.45) is 0 Å². The van der Waals surface area contributed by atoms with Gasteiger partial charge in [0, 0.05) is 5.69 Å². The van der Waals surface area contributed by atoms with Gasteiger partial charge in [0.25, 0.3) is 0 Å². The molecule has 18 heavy (non-hydrogen) atoms. The van der Waals surface area contributed by atoms with Gasteiger partial charge in [-0.3, -0.25) is 0 Å². The first-order valence-electron chi connectivity index (χ1n) is 6.19. The van der Waals surface area contributed by atoms with Crippen molar-refractivity contribution in [3.63, 3.8) is 0 Å². The Bertz CT molecular complexity index is 529. The lowest BCUT2D eigenvalue weighted by Crippen LogP contribution is -2.05. The van der Waals surface area contributed by atoms with Crippen molar-refractivity contribution in [2.75, 3.05) is 5.73 Å². The highest BCUT2D eigenvalue weighted by Crippen LogP contribution is 2.25. The highest BCUT2D eigenvalue weighted by molar-refractivity contribution is 5.68. The molecule has 94 valence electrons. The summed E-state index contributed by atoms with van der Waals surface area (Å²) in [6.45, 7) is 6.07. The standard InChI is InChI=1S/C16H19NO/c1-11(2)18-15-7-4-13(5-8-15)14-6-9-16(17)12(3)10-14/h4-11H,17H2,1-3H3. The number of hydrogen-bond donors (Lipinski definition) is 1. The molecule has 0 amide bonds. The fourth-order valence-corrected chi connectivity index (χ4v) is 1.85. The molecule has 0 atom stereocenters. The summed E-state index contributed by atoms with van der Waals surface area (Å²) in [6, 6.07) is 14.2. The van der Waals surface area contributed by atoms with Crippen molar-refractivity contribution < 1.29 is 4.74 Å². The Morgan fingerprint density at radius 2 is 1.56 bits per heavy atom. The van der Waals surface area contributed by atoms with E-state index in [-0.39, 0.29) is 6.10 Å². The number of nitrogen functional groups attached to an aromatic ring is 1. The predicted octanol–water partition coefficient (Wildman–Crippen LogP) is 4.03. The van der Waals surface area contributed by atoms with Crippen LogP contribution in [-0.2, 0) is 0 Å². The molecule has 0 unspecified atom stereocenters. The van der Waals surface area contributed by atoms with Crippen LogP contribution in [0.25, 0.3) is 11.1 Å². The lowest BCUT2D eigenvalue weighted by atomic mass is 10.0. The number of nitrogens with two attached hydrogens (primary N) is 1. The quantitative estimate of drug-likeness (QED) is 0.823. The first-order chi connectivity index (χ1) is 8.56. The molecule has 0 aliphatic carbocycles. The van der Waals surface area contributed by atoms with Crippen LogP contribution in [0.2, 0.25) is 0 Å². The van der Waals surface area contributed by atoms with Crippen molar-refractivity contribution in [1.29, 1.82) is 0 Å². The average molecular weight is 241 g/mol. The Morgan fingerprint density at radius 3 is 2.11 bits per heavy atom. The van der Waals surface area contributed by atoms with Crippen LogP contribution in [0.3, 0.4) is 0 Å². The van der Waals surface area contributed by atoms with Gasteiger partial charge in [-0.05, 0) is 61.7 Å². The fourth-order valence-electron chi connectivity index (χ4n) is 1.85. The Balaban J connectivity index is 2.25. The van der Waals surface area contributed by atoms with Crippen molar-refractivity contribution in [2.45, 2.75) is 26.9 Å². The Morgan fingerprint density at radius 1 is 0.944 bits per heavy atom. The van der Waals surface area contributed by atoms with Crippen molar-refractivity contribution in [3.05, 3.63) is 48.0 Å². The van der Waals surface area contributed by atoms with E-state index in [2.05, 4.69) is 18.2 Å². The molecular formula is C16H19NO. The van der Waals surface area contributed by atoms with E-state index in [4.69, 9.17) is 10.5 Å². The molecule has 0 aromatic heterocycles. The lowest BCUT2D eigenvalue weighted by Gasteiger charge is -2.10. The summed E-state index contributed by atoms with van der Waals surface area (Å²) in [4.78, 5) is 0. The maximum Gasteiger partial charge on any atom is 0.119 e. The largest absolute Gasteiger partial charge is 0.491 e. The zero-order chi connectivity index (χ0) is 13.1. The summed E-state index contributed by atoms with van der Waals surface area (Å²) >= 11 is 0. The molecule has 0 radical (unpaired) electrons. The lowest BCUT2D eigenvalue weighted by molar-refractivity contribution is 0.242. The molecule has 0 aliphatic heterocycles. The van der Waals surface area contributed by atoms with Gasteiger partial charge in [-0.2, -0.15) is 0 Å². The van der Waals surface area contributed by atoms with Crippen LogP contribution in [-0.4, -0.2) is 6.10 Å². The number of benzene rings is 2. The van der Waals surface area contributed by atoms with Gasteiger partial charge in [-0.15, -0.1) is 0 Å². The topological polar surface area (TPSA) is 35.2 Å². The molecule has 2 aromatic rings. The molecule has 0 saturated heterocycles. The summed E-state index contributed by atoms with van der Waals surface area (Å²) in [5.74, 6) is 0.904. The van der Waals surface area contributed by atoms with E-state index < -0.39 is 0 Å². The number of aryl methyl sites for hydroxylation is 1. The normalized spacial score (nSPS) is 10.7. The van der Waals surface area contributed by atoms with E-state index in [1.54, 1.807) is 0 Å². The zero-order valence-corrected chi connectivity index (χ0v) is 11.1. The van der Waals surface area contributed by atoms with Gasteiger partial charge in [0.2, 0.25) is 0 Å². The number of anilines is 1.